The molecule has 2 aromatic carbocycles. The van der Waals surface area contributed by atoms with E-state index in [0.29, 0.717) is 23.5 Å². The van der Waals surface area contributed by atoms with Crippen molar-refractivity contribution in [3.05, 3.63) is 88.6 Å². The number of hydrogen-bond donors (Lipinski definition) is 2. The topological polar surface area (TPSA) is 45.1 Å². The molecule has 0 amide bonds. The van der Waals surface area contributed by atoms with Gasteiger partial charge < -0.3 is 10.4 Å². The summed E-state index contributed by atoms with van der Waals surface area (Å²) in [6.07, 6.45) is 0. The lowest BCUT2D eigenvalue weighted by atomic mass is 10.1. The number of aliphatic hydroxyl groups is 1. The second-order valence-electron chi connectivity index (χ2n) is 5.78. The molecular formula is C20H17ClF2N2O. The van der Waals surface area contributed by atoms with Gasteiger partial charge in [0.2, 0.25) is 0 Å². The Hall–Kier alpha value is -2.34. The quantitative estimate of drug-likeness (QED) is 0.667. The molecule has 0 saturated carbocycles. The molecule has 3 rings (SSSR count). The maximum Gasteiger partial charge on any atom is 0.146 e. The summed E-state index contributed by atoms with van der Waals surface area (Å²) in [7, 11) is 0. The summed E-state index contributed by atoms with van der Waals surface area (Å²) in [6.45, 7) is 0.0428. The maximum atomic E-state index is 14.2. The van der Waals surface area contributed by atoms with Crippen molar-refractivity contribution >= 4 is 11.6 Å². The number of halogens is 3. The van der Waals surface area contributed by atoms with E-state index in [-0.39, 0.29) is 17.4 Å². The Bertz CT molecular complexity index is 887. The lowest BCUT2D eigenvalue weighted by molar-refractivity contribution is 0.240. The first-order chi connectivity index (χ1) is 12.6. The zero-order chi connectivity index (χ0) is 18.5. The minimum absolute atomic E-state index is 0.0131. The fourth-order valence-electron chi connectivity index (χ4n) is 2.65. The number of nitrogens with zero attached hydrogens (tertiary/aromatic N) is 1. The molecule has 1 aromatic heterocycles. The van der Waals surface area contributed by atoms with Crippen molar-refractivity contribution in [1.82, 2.24) is 10.3 Å². The Balaban J connectivity index is 1.75. The molecule has 6 heteroatoms. The van der Waals surface area contributed by atoms with Gasteiger partial charge in [-0.2, -0.15) is 0 Å². The molecule has 3 nitrogen and oxygen atoms in total. The number of aliphatic hydroxyl groups excluding tert-OH is 1. The molecule has 0 fully saturated rings. The minimum atomic E-state index is -0.607. The van der Waals surface area contributed by atoms with E-state index in [9.17, 15) is 13.9 Å². The van der Waals surface area contributed by atoms with E-state index < -0.39 is 11.9 Å². The molecule has 0 radical (unpaired) electrons. The van der Waals surface area contributed by atoms with Crippen LogP contribution in [-0.2, 0) is 6.54 Å². The number of hydrogen-bond acceptors (Lipinski definition) is 3. The summed E-state index contributed by atoms with van der Waals surface area (Å²) in [4.78, 5) is 4.53. The molecule has 3 aromatic rings. The summed E-state index contributed by atoms with van der Waals surface area (Å²) in [5.74, 6) is -0.852. The van der Waals surface area contributed by atoms with Crippen LogP contribution in [0.25, 0.3) is 11.3 Å². The molecule has 26 heavy (non-hydrogen) atoms. The van der Waals surface area contributed by atoms with Crippen LogP contribution in [0.15, 0.2) is 60.7 Å². The standard InChI is InChI=1S/C20H17ClF2N2O/c21-17-5-2-4-16(20(17)23)19(12-26)24-11-15-3-1-6-18(25-15)13-7-9-14(22)10-8-13/h1-10,19,24,26H,11-12H2. The molecule has 0 spiro atoms. The zero-order valence-corrected chi connectivity index (χ0v) is 14.5. The van der Waals surface area contributed by atoms with Crippen LogP contribution in [-0.4, -0.2) is 16.7 Å². The van der Waals surface area contributed by atoms with Crippen LogP contribution < -0.4 is 5.32 Å². The first-order valence-electron chi connectivity index (χ1n) is 8.08. The lowest BCUT2D eigenvalue weighted by Crippen LogP contribution is -2.25. The molecule has 0 aliphatic carbocycles. The van der Waals surface area contributed by atoms with Gasteiger partial charge in [-0.25, -0.2) is 8.78 Å². The second kappa shape index (κ2) is 8.36. The van der Waals surface area contributed by atoms with E-state index in [1.807, 2.05) is 18.2 Å². The average Bonchev–Trinajstić information content (AvgIpc) is 2.66. The molecular weight excluding hydrogens is 358 g/mol. The van der Waals surface area contributed by atoms with Crippen molar-refractivity contribution in [2.24, 2.45) is 0 Å². The molecule has 134 valence electrons. The van der Waals surface area contributed by atoms with E-state index in [1.54, 1.807) is 24.3 Å². The van der Waals surface area contributed by atoms with Crippen molar-refractivity contribution in [3.8, 4) is 11.3 Å². The highest BCUT2D eigenvalue weighted by Gasteiger charge is 2.16. The number of nitrogens with one attached hydrogen (secondary N) is 1. The van der Waals surface area contributed by atoms with Gasteiger partial charge in [-0.05, 0) is 42.5 Å². The summed E-state index contributed by atoms with van der Waals surface area (Å²) >= 11 is 5.81. The van der Waals surface area contributed by atoms with Crippen LogP contribution in [0.2, 0.25) is 5.02 Å². The van der Waals surface area contributed by atoms with Crippen LogP contribution in [0.5, 0.6) is 0 Å². The SMILES string of the molecule is OCC(NCc1cccc(-c2ccc(F)cc2)n1)c1cccc(Cl)c1F. The van der Waals surface area contributed by atoms with Gasteiger partial charge in [0.25, 0.3) is 0 Å². The van der Waals surface area contributed by atoms with Gasteiger partial charge in [0.15, 0.2) is 0 Å². The summed E-state index contributed by atoms with van der Waals surface area (Å²) < 4.78 is 27.2. The Morgan fingerprint density at radius 3 is 2.46 bits per heavy atom. The Kier molecular flexibility index (Phi) is 5.93. The zero-order valence-electron chi connectivity index (χ0n) is 13.8. The Morgan fingerprint density at radius 2 is 1.73 bits per heavy atom. The Morgan fingerprint density at radius 1 is 1.00 bits per heavy atom. The van der Waals surface area contributed by atoms with Crippen LogP contribution in [0, 0.1) is 11.6 Å². The smallest absolute Gasteiger partial charge is 0.146 e. The van der Waals surface area contributed by atoms with Crippen molar-refractivity contribution in [1.29, 1.82) is 0 Å². The molecule has 1 atom stereocenters. The first-order valence-corrected chi connectivity index (χ1v) is 8.46. The number of benzene rings is 2. The highest BCUT2D eigenvalue weighted by Crippen LogP contribution is 2.24. The van der Waals surface area contributed by atoms with E-state index in [4.69, 9.17) is 11.6 Å². The predicted molar refractivity (Wildman–Crippen MR) is 97.7 cm³/mol. The largest absolute Gasteiger partial charge is 0.394 e. The summed E-state index contributed by atoms with van der Waals surface area (Å²) in [5, 5.41) is 12.7. The number of pyridine rings is 1. The van der Waals surface area contributed by atoms with Gasteiger partial charge in [-0.3, -0.25) is 4.98 Å². The normalized spacial score (nSPS) is 12.2. The van der Waals surface area contributed by atoms with Crippen LogP contribution in [0.1, 0.15) is 17.3 Å². The first kappa shape index (κ1) is 18.5. The molecule has 1 unspecified atom stereocenters. The van der Waals surface area contributed by atoms with Crippen molar-refractivity contribution in [3.63, 3.8) is 0 Å². The highest BCUT2D eigenvalue weighted by atomic mass is 35.5. The highest BCUT2D eigenvalue weighted by molar-refractivity contribution is 6.30. The molecule has 2 N–H and O–H groups in total. The predicted octanol–water partition coefficient (Wildman–Crippen LogP) is 4.50. The molecule has 0 aliphatic rings. The lowest BCUT2D eigenvalue weighted by Gasteiger charge is -2.18. The second-order valence-corrected chi connectivity index (χ2v) is 6.19. The van der Waals surface area contributed by atoms with Crippen molar-refractivity contribution in [2.75, 3.05) is 6.61 Å². The van der Waals surface area contributed by atoms with E-state index >= 15 is 0 Å². The number of rotatable bonds is 6. The van der Waals surface area contributed by atoms with Gasteiger partial charge >= 0.3 is 0 Å². The third kappa shape index (κ3) is 4.25. The molecule has 0 aliphatic heterocycles. The summed E-state index contributed by atoms with van der Waals surface area (Å²) in [5.41, 5.74) is 2.52. The monoisotopic (exact) mass is 374 g/mol. The van der Waals surface area contributed by atoms with Gasteiger partial charge in [0.05, 0.1) is 29.1 Å². The van der Waals surface area contributed by atoms with Gasteiger partial charge in [-0.15, -0.1) is 0 Å². The van der Waals surface area contributed by atoms with E-state index in [2.05, 4.69) is 10.3 Å². The molecule has 1 heterocycles. The Labute approximate surface area is 155 Å². The van der Waals surface area contributed by atoms with Crippen LogP contribution in [0.3, 0.4) is 0 Å². The van der Waals surface area contributed by atoms with E-state index in [0.717, 1.165) is 5.56 Å². The molecule has 0 bridgehead atoms. The van der Waals surface area contributed by atoms with Crippen molar-refractivity contribution in [2.45, 2.75) is 12.6 Å². The van der Waals surface area contributed by atoms with Gasteiger partial charge in [-0.1, -0.05) is 29.8 Å². The fourth-order valence-corrected chi connectivity index (χ4v) is 2.83. The average molecular weight is 375 g/mol. The summed E-state index contributed by atoms with van der Waals surface area (Å²) in [6, 6.07) is 15.6. The van der Waals surface area contributed by atoms with Gasteiger partial charge in [0.1, 0.15) is 11.6 Å². The van der Waals surface area contributed by atoms with Crippen LogP contribution in [0.4, 0.5) is 8.78 Å². The maximum absolute atomic E-state index is 14.2. The van der Waals surface area contributed by atoms with Crippen LogP contribution >= 0.6 is 11.6 Å². The fraction of sp³-hybridized carbons (Fsp3) is 0.150. The third-order valence-corrected chi connectivity index (χ3v) is 4.31. The number of aromatic nitrogens is 1. The third-order valence-electron chi connectivity index (χ3n) is 4.02. The van der Waals surface area contributed by atoms with Gasteiger partial charge in [0, 0.05) is 17.7 Å². The molecule has 0 saturated heterocycles. The van der Waals surface area contributed by atoms with E-state index in [1.165, 1.54) is 18.2 Å². The minimum Gasteiger partial charge on any atom is -0.394 e. The van der Waals surface area contributed by atoms with Crippen molar-refractivity contribution < 1.29 is 13.9 Å².